The van der Waals surface area contributed by atoms with Gasteiger partial charge in [-0.3, -0.25) is 8.98 Å². The highest BCUT2D eigenvalue weighted by molar-refractivity contribution is 7.89. The highest BCUT2D eigenvalue weighted by atomic mass is 32.2. The van der Waals surface area contributed by atoms with Gasteiger partial charge in [-0.15, -0.1) is 4.33 Å². The third-order valence-electron chi connectivity index (χ3n) is 8.56. The summed E-state index contributed by atoms with van der Waals surface area (Å²) in [5.41, 5.74) is 0. The Hall–Kier alpha value is -5.90. The number of aliphatic hydroxyl groups is 5. The quantitative estimate of drug-likeness (QED) is 0.0245. The van der Waals surface area contributed by atoms with Crippen LogP contribution in [0.3, 0.4) is 0 Å². The number of carbonyl (C=O) groups excluding carboxylic acids is 1. The Bertz CT molecular complexity index is 2230. The smallest absolute Gasteiger partial charge is 0.297 e. The fraction of sp³-hybridized carbons (Fsp3) is 0.500. The Morgan fingerprint density at radius 3 is 1.53 bits per heavy atom. The molecule has 1 heterocycles. The molecule has 1 aliphatic rings. The van der Waals surface area contributed by atoms with Gasteiger partial charge < -0.3 is 40.3 Å². The predicted molar refractivity (Wildman–Crippen MR) is 240 cm³/mol. The molecule has 14 heteroatoms. The molecular formula is C50H51NO12S. The lowest BCUT2D eigenvalue weighted by Gasteiger charge is -2.41. The van der Waals surface area contributed by atoms with E-state index in [4.69, 9.17) is 18.9 Å². The number of amides is 1. The van der Waals surface area contributed by atoms with Gasteiger partial charge >= 0.3 is 0 Å². The highest BCUT2D eigenvalue weighted by Gasteiger charge is 2.47. The molecule has 13 nitrogen and oxygen atoms in total. The van der Waals surface area contributed by atoms with Crippen LogP contribution in [0.1, 0.15) is 97.3 Å². The van der Waals surface area contributed by atoms with Crippen LogP contribution in [0.25, 0.3) is 0 Å². The number of ether oxygens (including phenoxy) is 2. The number of nitrogens with one attached hydrogen (secondary N) is 1. The van der Waals surface area contributed by atoms with Gasteiger partial charge in [-0.1, -0.05) is 94.9 Å². The van der Waals surface area contributed by atoms with Crippen LogP contribution in [0.2, 0.25) is 0 Å². The highest BCUT2D eigenvalue weighted by Crippen LogP contribution is 2.28. The normalized spacial score (nSPS) is 17.4. The fourth-order valence-electron chi connectivity index (χ4n) is 5.42. The van der Waals surface area contributed by atoms with Gasteiger partial charge in [-0.05, 0) is 108 Å². The largest absolute Gasteiger partial charge is 0.394 e. The van der Waals surface area contributed by atoms with E-state index in [9.17, 15) is 30.3 Å². The van der Waals surface area contributed by atoms with Crippen LogP contribution in [-0.2, 0) is 27.8 Å². The third kappa shape index (κ3) is 28.7. The first-order chi connectivity index (χ1) is 31.3. The van der Waals surface area contributed by atoms with Gasteiger partial charge in [-0.25, -0.2) is 5.26 Å². The summed E-state index contributed by atoms with van der Waals surface area (Å²) in [4.78, 5) is 12.8. The van der Waals surface area contributed by atoms with Crippen LogP contribution >= 0.6 is 12.3 Å². The summed E-state index contributed by atoms with van der Waals surface area (Å²) in [6.45, 7) is 2.65. The lowest BCUT2D eigenvalue weighted by atomic mass is 9.98. The monoisotopic (exact) mass is 889 g/mol. The van der Waals surface area contributed by atoms with Crippen LogP contribution in [0.15, 0.2) is 0 Å². The van der Waals surface area contributed by atoms with Gasteiger partial charge in [-0.2, -0.15) is 0 Å². The molecule has 0 aromatic carbocycles. The molecule has 0 aromatic rings. The predicted octanol–water partition coefficient (Wildman–Crippen LogP) is 2.17. The first-order valence-corrected chi connectivity index (χ1v) is 21.1. The Balaban J connectivity index is 2.85. The molecule has 8 atom stereocenters. The molecule has 64 heavy (non-hydrogen) atoms. The summed E-state index contributed by atoms with van der Waals surface area (Å²) in [5, 5.41) is 67.3. The molecule has 0 saturated carbocycles. The molecule has 1 saturated heterocycles. The van der Waals surface area contributed by atoms with Gasteiger partial charge in [0.1, 0.15) is 30.5 Å². The zero-order valence-corrected chi connectivity index (χ0v) is 36.6. The van der Waals surface area contributed by atoms with E-state index >= 15 is 0 Å². The Morgan fingerprint density at radius 2 is 1.09 bits per heavy atom. The van der Waals surface area contributed by atoms with Gasteiger partial charge in [0, 0.05) is 41.4 Å². The second-order valence-electron chi connectivity index (χ2n) is 13.3. The van der Waals surface area contributed by atoms with Crippen LogP contribution in [0.4, 0.5) is 0 Å². The Kier molecular flexibility index (Phi) is 35.0. The summed E-state index contributed by atoms with van der Waals surface area (Å²) < 4.78 is 20.4. The number of hydrogen-bond donors (Lipinski definition) is 7. The standard InChI is InChI=1S/C50H51NO12S/c1-3-5-7-9-11-13-15-17-18-19-20-21-22-23-24-25-26-27-29-31-33-35-37-39-45(54)51-42(41-59-50-48(57)49(61-64-63-62-58)47(56)44(40-52)60-50)46(55)43(53)38-36-34-32-30-28-16-14-12-10-8-6-4-2/h42-44,46-50,52-53,55-58H,4,6,8,10,12,14,16,28,30,32,34,36,38,40-41H2,1-2H3,(H,51,54)/t42-,43-,44?,46-,47?,48?,49?,50?/m0/s1. The molecule has 334 valence electrons. The third-order valence-corrected chi connectivity index (χ3v) is 8.98. The van der Waals surface area contributed by atoms with E-state index in [1.54, 1.807) is 6.92 Å². The van der Waals surface area contributed by atoms with Crippen molar-refractivity contribution in [3.05, 3.63) is 0 Å². The molecule has 1 aliphatic heterocycles. The van der Waals surface area contributed by atoms with Crippen molar-refractivity contribution in [2.75, 3.05) is 13.2 Å². The number of aliphatic hydroxyl groups excluding tert-OH is 5. The van der Waals surface area contributed by atoms with Crippen molar-refractivity contribution in [3.8, 4) is 142 Å². The van der Waals surface area contributed by atoms with Crippen LogP contribution in [0, 0.1) is 142 Å². The molecule has 7 N–H and O–H groups in total. The zero-order valence-electron chi connectivity index (χ0n) is 35.8. The SMILES string of the molecule is CC#CC#CC#CC#CC#CC#CC#CC#CC#CC#CC#CC#CC(=O)N[C@@H](COC1OC(CO)C(O)C(OSOOO)C1O)[C@H](O)[C@@H](O)CCCCCCCCCCCCCC. The molecule has 1 amide bonds. The molecule has 0 spiro atoms. The Morgan fingerprint density at radius 1 is 0.656 bits per heavy atom. The van der Waals surface area contributed by atoms with Crippen LogP contribution in [0.5, 0.6) is 0 Å². The topological polar surface area (TPSA) is 197 Å². The number of rotatable bonds is 24. The van der Waals surface area contributed by atoms with Gasteiger partial charge in [0.2, 0.25) is 0 Å². The first-order valence-electron chi connectivity index (χ1n) is 20.4. The zero-order chi connectivity index (χ0) is 46.7. The Labute approximate surface area is 382 Å². The molecule has 1 rings (SSSR count). The summed E-state index contributed by atoms with van der Waals surface area (Å²) in [6.07, 6.45) is 3.34. The maximum absolute atomic E-state index is 12.8. The van der Waals surface area contributed by atoms with Crippen molar-refractivity contribution in [2.45, 2.75) is 146 Å². The summed E-state index contributed by atoms with van der Waals surface area (Å²) in [7, 11) is 0. The molecule has 1 fully saturated rings. The molecule has 5 unspecified atom stereocenters. The van der Waals surface area contributed by atoms with Gasteiger partial charge in [0.25, 0.3) is 5.91 Å². The van der Waals surface area contributed by atoms with E-state index < -0.39 is 68.1 Å². The number of hydrogen-bond acceptors (Lipinski definition) is 13. The summed E-state index contributed by atoms with van der Waals surface area (Å²) >= 11 is 0.0842. The van der Waals surface area contributed by atoms with E-state index in [1.807, 2.05) is 0 Å². The molecule has 0 aliphatic carbocycles. The van der Waals surface area contributed by atoms with E-state index in [-0.39, 0.29) is 18.7 Å². The minimum Gasteiger partial charge on any atom is -0.394 e. The van der Waals surface area contributed by atoms with Crippen molar-refractivity contribution in [3.63, 3.8) is 0 Å². The van der Waals surface area contributed by atoms with Crippen LogP contribution in [-0.4, -0.2) is 98.9 Å². The van der Waals surface area contributed by atoms with E-state index in [0.717, 1.165) is 25.7 Å². The summed E-state index contributed by atoms with van der Waals surface area (Å²) in [5.74, 6) is 58.3. The number of carbonyl (C=O) groups is 1. The van der Waals surface area contributed by atoms with Gasteiger partial charge in [0.05, 0.1) is 25.4 Å². The average Bonchev–Trinajstić information content (AvgIpc) is 3.29. The maximum Gasteiger partial charge on any atom is 0.297 e. The second kappa shape index (κ2) is 39.9. The van der Waals surface area contributed by atoms with Gasteiger partial charge in [0.15, 0.2) is 18.6 Å². The van der Waals surface area contributed by atoms with E-state index in [2.05, 4.69) is 164 Å². The molecule has 0 aromatic heterocycles. The van der Waals surface area contributed by atoms with Crippen molar-refractivity contribution in [1.29, 1.82) is 0 Å². The van der Waals surface area contributed by atoms with Crippen molar-refractivity contribution in [2.24, 2.45) is 0 Å². The van der Waals surface area contributed by atoms with Crippen LogP contribution < -0.4 is 5.32 Å². The first kappa shape index (κ1) is 56.1. The minimum absolute atomic E-state index is 0.0842. The lowest BCUT2D eigenvalue weighted by molar-refractivity contribution is -0.435. The maximum atomic E-state index is 12.8. The van der Waals surface area contributed by atoms with E-state index in [1.165, 1.54) is 44.9 Å². The fourth-order valence-corrected chi connectivity index (χ4v) is 5.79. The lowest BCUT2D eigenvalue weighted by Crippen LogP contribution is -2.60. The minimum atomic E-state index is -1.70. The number of unbranched alkanes of at least 4 members (excludes halogenated alkanes) is 11. The van der Waals surface area contributed by atoms with Crippen molar-refractivity contribution >= 4 is 18.2 Å². The molecular weight excluding hydrogens is 839 g/mol. The van der Waals surface area contributed by atoms with E-state index in [0.29, 0.717) is 6.42 Å². The molecule has 0 bridgehead atoms. The van der Waals surface area contributed by atoms with Crippen molar-refractivity contribution in [1.82, 2.24) is 5.32 Å². The molecule has 0 radical (unpaired) electrons. The summed E-state index contributed by atoms with van der Waals surface area (Å²) in [6, 6.07) is -1.28. The second-order valence-corrected chi connectivity index (χ2v) is 13.7. The average molecular weight is 890 g/mol. The van der Waals surface area contributed by atoms with Crippen molar-refractivity contribution < 1.29 is 58.6 Å².